The van der Waals surface area contributed by atoms with Gasteiger partial charge in [0.05, 0.1) is 12.7 Å². The Kier molecular flexibility index (Phi) is 6.74. The van der Waals surface area contributed by atoms with Gasteiger partial charge in [-0.1, -0.05) is 15.9 Å². The van der Waals surface area contributed by atoms with Gasteiger partial charge in [-0.15, -0.1) is 0 Å². The molecule has 0 aliphatic heterocycles. The molecule has 7 heteroatoms. The maximum absolute atomic E-state index is 12.1. The van der Waals surface area contributed by atoms with Gasteiger partial charge in [0, 0.05) is 20.2 Å². The van der Waals surface area contributed by atoms with Crippen molar-refractivity contribution >= 4 is 15.9 Å². The number of rotatable bonds is 6. The summed E-state index contributed by atoms with van der Waals surface area (Å²) in [7, 11) is 2.94. The molecule has 2 atom stereocenters. The summed E-state index contributed by atoms with van der Waals surface area (Å²) < 4.78 is 41.1. The molecule has 0 rings (SSSR count). The maximum atomic E-state index is 12.1. The molecule has 0 heterocycles. The molecule has 0 aliphatic carbocycles. The first-order valence-corrected chi connectivity index (χ1v) is 5.25. The number of aliphatic hydroxyl groups is 1. The summed E-state index contributed by atoms with van der Waals surface area (Å²) >= 11 is 2.55. The lowest BCUT2D eigenvalue weighted by Gasteiger charge is -2.23. The normalized spacial score (nSPS) is 16.8. The standard InChI is InChI=1S/C8H15BrF3NO2/c1-13(3-6(14)5-15-2)4-7(9)8(10,11)12/h6-7,14H,3-5H2,1-2H3. The Balaban J connectivity index is 3.88. The van der Waals surface area contributed by atoms with E-state index in [1.54, 1.807) is 0 Å². The number of hydrogen-bond acceptors (Lipinski definition) is 3. The third-order valence-corrected chi connectivity index (χ3v) is 2.52. The molecular weight excluding hydrogens is 279 g/mol. The van der Waals surface area contributed by atoms with Gasteiger partial charge in [0.25, 0.3) is 0 Å². The topological polar surface area (TPSA) is 32.7 Å². The molecule has 0 saturated carbocycles. The molecule has 0 aromatic carbocycles. The molecule has 0 radical (unpaired) electrons. The van der Waals surface area contributed by atoms with Crippen LogP contribution in [0.1, 0.15) is 0 Å². The number of nitrogens with zero attached hydrogens (tertiary/aromatic N) is 1. The quantitative estimate of drug-likeness (QED) is 0.748. The third-order valence-electron chi connectivity index (χ3n) is 1.71. The van der Waals surface area contributed by atoms with Gasteiger partial charge in [-0.25, -0.2) is 0 Å². The summed E-state index contributed by atoms with van der Waals surface area (Å²) in [5.74, 6) is 0. The lowest BCUT2D eigenvalue weighted by Crippen LogP contribution is -2.39. The Morgan fingerprint density at radius 2 is 1.93 bits per heavy atom. The largest absolute Gasteiger partial charge is 0.402 e. The number of ether oxygens (including phenoxy) is 1. The maximum Gasteiger partial charge on any atom is 0.402 e. The number of aliphatic hydroxyl groups excluding tert-OH is 1. The van der Waals surface area contributed by atoms with Crippen molar-refractivity contribution in [3.63, 3.8) is 0 Å². The number of hydrogen-bond donors (Lipinski definition) is 1. The second-order valence-electron chi connectivity index (χ2n) is 3.34. The first-order valence-electron chi connectivity index (χ1n) is 4.33. The molecule has 15 heavy (non-hydrogen) atoms. The minimum atomic E-state index is -4.26. The molecule has 0 aromatic heterocycles. The van der Waals surface area contributed by atoms with E-state index in [1.165, 1.54) is 19.1 Å². The molecule has 92 valence electrons. The molecule has 0 amide bonds. The van der Waals surface area contributed by atoms with Crippen LogP contribution in [0.2, 0.25) is 0 Å². The Labute approximate surface area is 95.3 Å². The van der Waals surface area contributed by atoms with Crippen molar-refractivity contribution in [1.82, 2.24) is 4.90 Å². The van der Waals surface area contributed by atoms with Crippen LogP contribution in [0.15, 0.2) is 0 Å². The van der Waals surface area contributed by atoms with Crippen LogP contribution in [-0.2, 0) is 4.74 Å². The highest BCUT2D eigenvalue weighted by Gasteiger charge is 2.38. The molecule has 0 bridgehead atoms. The number of likely N-dealkylation sites (N-methyl/N-ethyl adjacent to an activating group) is 1. The number of methoxy groups -OCH3 is 1. The predicted molar refractivity (Wildman–Crippen MR) is 54.1 cm³/mol. The minimum absolute atomic E-state index is 0.114. The summed E-state index contributed by atoms with van der Waals surface area (Å²) in [6.45, 7) is 0.0552. The van der Waals surface area contributed by atoms with E-state index in [1.807, 2.05) is 0 Å². The number of alkyl halides is 4. The molecule has 0 saturated heterocycles. The average Bonchev–Trinajstić information content (AvgIpc) is 2.01. The predicted octanol–water partition coefficient (Wildman–Crippen LogP) is 1.25. The van der Waals surface area contributed by atoms with Gasteiger partial charge in [0.15, 0.2) is 0 Å². The highest BCUT2D eigenvalue weighted by molar-refractivity contribution is 9.09. The Bertz CT molecular complexity index is 180. The molecule has 0 fully saturated rings. The fraction of sp³-hybridized carbons (Fsp3) is 1.00. The first-order chi connectivity index (χ1) is 6.77. The van der Waals surface area contributed by atoms with E-state index in [4.69, 9.17) is 0 Å². The SMILES string of the molecule is COCC(O)CN(C)CC(Br)C(F)(F)F. The summed E-state index contributed by atoms with van der Waals surface area (Å²) in [6.07, 6.45) is -5.03. The molecule has 3 nitrogen and oxygen atoms in total. The zero-order valence-electron chi connectivity index (χ0n) is 8.59. The Hall–Kier alpha value is 0.150. The highest BCUT2D eigenvalue weighted by Crippen LogP contribution is 2.26. The molecule has 2 unspecified atom stereocenters. The van der Waals surface area contributed by atoms with Crippen molar-refractivity contribution in [2.45, 2.75) is 17.1 Å². The van der Waals surface area contributed by atoms with Gasteiger partial charge in [-0.05, 0) is 7.05 Å². The van der Waals surface area contributed by atoms with Crippen LogP contribution in [0.25, 0.3) is 0 Å². The van der Waals surface area contributed by atoms with Crippen LogP contribution >= 0.6 is 15.9 Å². The van der Waals surface area contributed by atoms with E-state index in [9.17, 15) is 18.3 Å². The van der Waals surface area contributed by atoms with Gasteiger partial charge >= 0.3 is 6.18 Å². The van der Waals surface area contributed by atoms with Crippen molar-refractivity contribution in [1.29, 1.82) is 0 Å². The van der Waals surface area contributed by atoms with E-state index in [0.717, 1.165) is 0 Å². The van der Waals surface area contributed by atoms with E-state index in [0.29, 0.717) is 0 Å². The van der Waals surface area contributed by atoms with Crippen molar-refractivity contribution in [3.8, 4) is 0 Å². The van der Waals surface area contributed by atoms with Gasteiger partial charge in [-0.3, -0.25) is 0 Å². The lowest BCUT2D eigenvalue weighted by molar-refractivity contribution is -0.130. The zero-order valence-corrected chi connectivity index (χ0v) is 10.2. The first kappa shape index (κ1) is 15.2. The second-order valence-corrected chi connectivity index (χ2v) is 4.44. The van der Waals surface area contributed by atoms with Gasteiger partial charge < -0.3 is 14.7 Å². The van der Waals surface area contributed by atoms with Crippen LogP contribution in [0, 0.1) is 0 Å². The highest BCUT2D eigenvalue weighted by atomic mass is 79.9. The van der Waals surface area contributed by atoms with Gasteiger partial charge in [0.1, 0.15) is 4.83 Å². The van der Waals surface area contributed by atoms with Crippen molar-refractivity contribution in [2.24, 2.45) is 0 Å². The van der Waals surface area contributed by atoms with E-state index in [2.05, 4.69) is 20.7 Å². The van der Waals surface area contributed by atoms with Crippen LogP contribution in [0.5, 0.6) is 0 Å². The summed E-state index contributed by atoms with van der Waals surface area (Å²) in [5.41, 5.74) is 0. The molecule has 0 spiro atoms. The third kappa shape index (κ3) is 7.10. The van der Waals surface area contributed by atoms with Crippen LogP contribution in [0.3, 0.4) is 0 Å². The molecule has 0 aliphatic rings. The summed E-state index contributed by atoms with van der Waals surface area (Å²) in [5, 5.41) is 9.27. The smallest absolute Gasteiger partial charge is 0.389 e. The van der Waals surface area contributed by atoms with Gasteiger partial charge in [0.2, 0.25) is 0 Å². The minimum Gasteiger partial charge on any atom is -0.389 e. The fourth-order valence-corrected chi connectivity index (χ4v) is 1.55. The second kappa shape index (κ2) is 6.67. The van der Waals surface area contributed by atoms with E-state index < -0.39 is 17.1 Å². The molecular formula is C8H15BrF3NO2. The lowest BCUT2D eigenvalue weighted by atomic mass is 10.3. The molecule has 0 aromatic rings. The van der Waals surface area contributed by atoms with Crippen LogP contribution in [0.4, 0.5) is 13.2 Å². The Morgan fingerprint density at radius 1 is 1.40 bits per heavy atom. The van der Waals surface area contributed by atoms with Crippen LogP contribution in [-0.4, -0.2) is 61.0 Å². The van der Waals surface area contributed by atoms with Crippen molar-refractivity contribution < 1.29 is 23.0 Å². The number of halogens is 4. The fourth-order valence-electron chi connectivity index (χ4n) is 1.06. The van der Waals surface area contributed by atoms with Crippen molar-refractivity contribution in [2.75, 3.05) is 33.9 Å². The Morgan fingerprint density at radius 3 is 2.33 bits per heavy atom. The summed E-state index contributed by atoms with van der Waals surface area (Å²) in [4.78, 5) is -0.180. The molecule has 1 N–H and O–H groups in total. The zero-order chi connectivity index (χ0) is 12.1. The van der Waals surface area contributed by atoms with Crippen LogP contribution < -0.4 is 0 Å². The van der Waals surface area contributed by atoms with Crippen molar-refractivity contribution in [3.05, 3.63) is 0 Å². The van der Waals surface area contributed by atoms with E-state index in [-0.39, 0.29) is 19.7 Å². The van der Waals surface area contributed by atoms with Gasteiger partial charge in [-0.2, -0.15) is 13.2 Å². The van der Waals surface area contributed by atoms with E-state index >= 15 is 0 Å². The summed E-state index contributed by atoms with van der Waals surface area (Å²) in [6, 6.07) is 0. The average molecular weight is 294 g/mol. The monoisotopic (exact) mass is 293 g/mol.